The largest absolute Gasteiger partial charge is 0.431 e. The molecule has 0 atom stereocenters. The van der Waals surface area contributed by atoms with E-state index in [9.17, 15) is 9.59 Å². The van der Waals surface area contributed by atoms with E-state index >= 15 is 0 Å². The quantitative estimate of drug-likeness (QED) is 0.671. The van der Waals surface area contributed by atoms with Crippen molar-refractivity contribution in [2.45, 2.75) is 20.4 Å². The van der Waals surface area contributed by atoms with Crippen LogP contribution in [0.2, 0.25) is 0 Å². The molecule has 132 valence electrons. The Morgan fingerprint density at radius 3 is 2.50 bits per heavy atom. The van der Waals surface area contributed by atoms with Crippen molar-refractivity contribution >= 4 is 11.9 Å². The summed E-state index contributed by atoms with van der Waals surface area (Å²) >= 11 is 0. The van der Waals surface area contributed by atoms with Crippen molar-refractivity contribution < 1.29 is 18.8 Å². The van der Waals surface area contributed by atoms with E-state index in [0.717, 1.165) is 10.6 Å². The van der Waals surface area contributed by atoms with Gasteiger partial charge in [-0.3, -0.25) is 14.6 Å². The van der Waals surface area contributed by atoms with Crippen molar-refractivity contribution in [3.63, 3.8) is 0 Å². The predicted molar refractivity (Wildman–Crippen MR) is 92.6 cm³/mol. The van der Waals surface area contributed by atoms with E-state index in [1.54, 1.807) is 31.3 Å². The molecule has 0 N–H and O–H groups in total. The lowest BCUT2D eigenvalue weighted by Gasteiger charge is -2.19. The number of amides is 1. The number of pyridine rings is 1. The molecule has 0 aliphatic heterocycles. The molecule has 2 aromatic heterocycles. The van der Waals surface area contributed by atoms with Crippen LogP contribution >= 0.6 is 0 Å². The van der Waals surface area contributed by atoms with Gasteiger partial charge in [0.1, 0.15) is 6.54 Å². The van der Waals surface area contributed by atoms with Crippen LogP contribution in [0, 0.1) is 6.92 Å². The minimum absolute atomic E-state index is 0.0000631. The first kappa shape index (κ1) is 17.3. The molecule has 3 aromatic rings. The van der Waals surface area contributed by atoms with E-state index in [1.165, 1.54) is 6.92 Å². The molecule has 26 heavy (non-hydrogen) atoms. The van der Waals surface area contributed by atoms with Gasteiger partial charge in [-0.1, -0.05) is 24.3 Å². The number of aryl methyl sites for hydroxylation is 1. The second kappa shape index (κ2) is 7.60. The van der Waals surface area contributed by atoms with Crippen LogP contribution < -0.4 is 0 Å². The molecule has 0 fully saturated rings. The van der Waals surface area contributed by atoms with Crippen molar-refractivity contribution in [1.29, 1.82) is 0 Å². The first-order valence-corrected chi connectivity index (χ1v) is 7.97. The number of benzene rings is 1. The number of hydroxylamine groups is 2. The van der Waals surface area contributed by atoms with Crippen LogP contribution in [0.25, 0.3) is 11.5 Å². The molecule has 7 nitrogen and oxygen atoms in total. The zero-order valence-electron chi connectivity index (χ0n) is 14.4. The van der Waals surface area contributed by atoms with Gasteiger partial charge in [0.2, 0.25) is 11.7 Å². The van der Waals surface area contributed by atoms with Crippen molar-refractivity contribution in [3.8, 4) is 11.5 Å². The number of nitrogens with zero attached hydrogens (tertiary/aromatic N) is 3. The van der Waals surface area contributed by atoms with Gasteiger partial charge in [-0.25, -0.2) is 4.98 Å². The summed E-state index contributed by atoms with van der Waals surface area (Å²) < 4.78 is 5.65. The summed E-state index contributed by atoms with van der Waals surface area (Å²) in [6.45, 7) is 2.89. The number of aromatic nitrogens is 2. The smallest absolute Gasteiger partial charge is 0.329 e. The monoisotopic (exact) mass is 351 g/mol. The molecule has 0 saturated carbocycles. The van der Waals surface area contributed by atoms with Crippen molar-refractivity contribution in [3.05, 3.63) is 71.9 Å². The minimum Gasteiger partial charge on any atom is -0.431 e. The highest BCUT2D eigenvalue weighted by Gasteiger charge is 2.26. The maximum Gasteiger partial charge on any atom is 0.329 e. The zero-order valence-corrected chi connectivity index (χ0v) is 14.4. The van der Waals surface area contributed by atoms with Crippen molar-refractivity contribution in [2.75, 3.05) is 0 Å². The third-order valence-corrected chi connectivity index (χ3v) is 3.51. The Hall–Kier alpha value is -3.48. The Kier molecular flexibility index (Phi) is 5.07. The lowest BCUT2D eigenvalue weighted by Crippen LogP contribution is -2.33. The van der Waals surface area contributed by atoms with Gasteiger partial charge in [0.05, 0.1) is 11.4 Å². The average Bonchev–Trinajstić information content (AvgIpc) is 3.03. The molecular formula is C19H17N3O4. The topological polar surface area (TPSA) is 85.5 Å². The number of hydrogen-bond acceptors (Lipinski definition) is 6. The molecule has 1 amide bonds. The molecule has 2 heterocycles. The summed E-state index contributed by atoms with van der Waals surface area (Å²) in [5.41, 5.74) is 1.73. The number of carbonyl (C=O) groups excluding carboxylic acids is 2. The van der Waals surface area contributed by atoms with Crippen molar-refractivity contribution in [1.82, 2.24) is 15.0 Å². The van der Waals surface area contributed by atoms with Gasteiger partial charge in [-0.2, -0.15) is 5.06 Å². The molecule has 0 aliphatic carbocycles. The van der Waals surface area contributed by atoms with E-state index in [1.807, 2.05) is 30.3 Å². The van der Waals surface area contributed by atoms with Gasteiger partial charge in [-0.15, -0.1) is 0 Å². The molecular weight excluding hydrogens is 334 g/mol. The van der Waals surface area contributed by atoms with Crippen LogP contribution in [0.3, 0.4) is 0 Å². The fourth-order valence-electron chi connectivity index (χ4n) is 2.35. The Morgan fingerprint density at radius 1 is 1.12 bits per heavy atom. The Morgan fingerprint density at radius 2 is 1.85 bits per heavy atom. The third-order valence-electron chi connectivity index (χ3n) is 3.51. The van der Waals surface area contributed by atoms with Crippen LogP contribution in [0.1, 0.15) is 28.9 Å². The molecule has 0 bridgehead atoms. The fourth-order valence-corrected chi connectivity index (χ4v) is 2.35. The lowest BCUT2D eigenvalue weighted by atomic mass is 10.2. The normalized spacial score (nSPS) is 10.4. The van der Waals surface area contributed by atoms with E-state index in [0.29, 0.717) is 17.3 Å². The highest BCUT2D eigenvalue weighted by Crippen LogP contribution is 2.23. The van der Waals surface area contributed by atoms with Gasteiger partial charge in [0.15, 0.2) is 0 Å². The van der Waals surface area contributed by atoms with Crippen molar-refractivity contribution in [2.24, 2.45) is 0 Å². The summed E-state index contributed by atoms with van der Waals surface area (Å²) in [4.78, 5) is 37.7. The van der Waals surface area contributed by atoms with Crippen LogP contribution in [-0.4, -0.2) is 26.9 Å². The number of rotatable bonds is 4. The first-order valence-electron chi connectivity index (χ1n) is 7.97. The van der Waals surface area contributed by atoms with Gasteiger partial charge >= 0.3 is 11.9 Å². The van der Waals surface area contributed by atoms with Crippen LogP contribution in [0.5, 0.6) is 0 Å². The molecule has 3 rings (SSSR count). The third kappa shape index (κ3) is 3.94. The average molecular weight is 351 g/mol. The summed E-state index contributed by atoms with van der Waals surface area (Å²) in [5, 5.41) is 0.924. The maximum atomic E-state index is 12.8. The first-order chi connectivity index (χ1) is 12.5. The standard InChI is InChI=1S/C19H17N3O4/c1-13-17(25-18(21-13)15-8-4-3-5-9-15)19(24)22(26-14(2)23)12-16-10-6-7-11-20-16/h3-11H,12H2,1-2H3. The van der Waals surface area contributed by atoms with Gasteiger partial charge in [0.25, 0.3) is 0 Å². The van der Waals surface area contributed by atoms with E-state index in [2.05, 4.69) is 9.97 Å². The molecule has 0 radical (unpaired) electrons. The summed E-state index contributed by atoms with van der Waals surface area (Å²) in [6, 6.07) is 14.5. The lowest BCUT2D eigenvalue weighted by molar-refractivity contribution is -0.177. The van der Waals surface area contributed by atoms with Gasteiger partial charge in [0, 0.05) is 18.7 Å². The van der Waals surface area contributed by atoms with E-state index in [4.69, 9.17) is 9.25 Å². The predicted octanol–water partition coefficient (Wildman–Crippen LogP) is 3.17. The summed E-state index contributed by atoms with van der Waals surface area (Å²) in [6.07, 6.45) is 1.60. The molecule has 0 unspecified atom stereocenters. The number of carbonyl (C=O) groups is 2. The highest BCUT2D eigenvalue weighted by molar-refractivity contribution is 5.92. The maximum absolute atomic E-state index is 12.8. The van der Waals surface area contributed by atoms with Crippen LogP contribution in [0.15, 0.2) is 59.1 Å². The highest BCUT2D eigenvalue weighted by atomic mass is 16.7. The number of oxazole rings is 1. The second-order valence-corrected chi connectivity index (χ2v) is 5.55. The Bertz CT molecular complexity index is 907. The second-order valence-electron chi connectivity index (χ2n) is 5.55. The molecule has 0 spiro atoms. The Labute approximate surface area is 150 Å². The van der Waals surface area contributed by atoms with Crippen LogP contribution in [0.4, 0.5) is 0 Å². The zero-order chi connectivity index (χ0) is 18.5. The molecule has 7 heteroatoms. The molecule has 0 aliphatic rings. The number of hydrogen-bond donors (Lipinski definition) is 0. The van der Waals surface area contributed by atoms with Crippen LogP contribution in [-0.2, 0) is 16.2 Å². The SMILES string of the molecule is CC(=O)ON(Cc1ccccn1)C(=O)c1oc(-c2ccccc2)nc1C. The molecule has 0 saturated heterocycles. The fraction of sp³-hybridized carbons (Fsp3) is 0.158. The van der Waals surface area contributed by atoms with E-state index in [-0.39, 0.29) is 12.3 Å². The minimum atomic E-state index is -0.616. The summed E-state index contributed by atoms with van der Waals surface area (Å²) in [5.74, 6) is -0.874. The van der Waals surface area contributed by atoms with Gasteiger partial charge in [-0.05, 0) is 31.2 Å². The Balaban J connectivity index is 1.89. The molecule has 1 aromatic carbocycles. The van der Waals surface area contributed by atoms with E-state index < -0.39 is 11.9 Å². The van der Waals surface area contributed by atoms with Gasteiger partial charge < -0.3 is 9.25 Å². The summed E-state index contributed by atoms with van der Waals surface area (Å²) in [7, 11) is 0.